The molecule has 1 aromatic heterocycles. The summed E-state index contributed by atoms with van der Waals surface area (Å²) < 4.78 is 10.9. The predicted octanol–water partition coefficient (Wildman–Crippen LogP) is 4.10. The molecule has 1 saturated heterocycles. The largest absolute Gasteiger partial charge is 0.462 e. The van der Waals surface area contributed by atoms with Crippen molar-refractivity contribution >= 4 is 35.6 Å². The van der Waals surface area contributed by atoms with Gasteiger partial charge in [-0.05, 0) is 49.8 Å². The predicted molar refractivity (Wildman–Crippen MR) is 120 cm³/mol. The first-order valence-corrected chi connectivity index (χ1v) is 10.2. The first-order valence-electron chi connectivity index (χ1n) is 10.2. The molecule has 0 radical (unpaired) electrons. The summed E-state index contributed by atoms with van der Waals surface area (Å²) in [4.78, 5) is 51.1. The number of hydrogen-bond donors (Lipinski definition) is 1. The lowest BCUT2D eigenvalue weighted by molar-refractivity contribution is -0.122. The molecule has 0 atom stereocenters. The highest BCUT2D eigenvalue weighted by molar-refractivity contribution is 6.39. The number of benzene rings is 2. The number of imide groups is 2. The van der Waals surface area contributed by atoms with Gasteiger partial charge in [0.2, 0.25) is 0 Å². The zero-order valence-corrected chi connectivity index (χ0v) is 18.0. The SMILES string of the molecule is CCOC(=O)c1ccccc1-c1ccc(/C=C2\C(=O)NC(=O)N(c3ccccc3C)C2=O)o1. The zero-order chi connectivity index (χ0) is 23.5. The van der Waals surface area contributed by atoms with Crippen LogP contribution in [0.5, 0.6) is 0 Å². The first-order chi connectivity index (χ1) is 15.9. The van der Waals surface area contributed by atoms with Crippen LogP contribution in [0.1, 0.15) is 28.6 Å². The van der Waals surface area contributed by atoms with Gasteiger partial charge in [0, 0.05) is 5.56 Å². The highest BCUT2D eigenvalue weighted by atomic mass is 16.5. The summed E-state index contributed by atoms with van der Waals surface area (Å²) >= 11 is 0. The lowest BCUT2D eigenvalue weighted by Gasteiger charge is -2.27. The first kappa shape index (κ1) is 21.8. The fraction of sp³-hybridized carbons (Fsp3) is 0.120. The van der Waals surface area contributed by atoms with Gasteiger partial charge in [-0.3, -0.25) is 14.9 Å². The van der Waals surface area contributed by atoms with Crippen molar-refractivity contribution in [1.82, 2.24) is 5.32 Å². The van der Waals surface area contributed by atoms with E-state index >= 15 is 0 Å². The van der Waals surface area contributed by atoms with Crippen molar-refractivity contribution in [2.24, 2.45) is 0 Å². The smallest absolute Gasteiger partial charge is 0.338 e. The Hall–Kier alpha value is -4.46. The van der Waals surface area contributed by atoms with Crippen molar-refractivity contribution in [3.63, 3.8) is 0 Å². The molecule has 4 amide bonds. The van der Waals surface area contributed by atoms with Crippen LogP contribution in [-0.2, 0) is 14.3 Å². The van der Waals surface area contributed by atoms with Gasteiger partial charge in [0.15, 0.2) is 0 Å². The number of para-hydroxylation sites is 1. The number of aryl methyl sites for hydroxylation is 1. The molecule has 0 unspecified atom stereocenters. The molecule has 4 rings (SSSR count). The molecule has 1 aliphatic rings. The Morgan fingerprint density at radius 1 is 1.03 bits per heavy atom. The van der Waals surface area contributed by atoms with Crippen LogP contribution in [0.15, 0.2) is 70.7 Å². The number of furan rings is 1. The summed E-state index contributed by atoms with van der Waals surface area (Å²) in [6.07, 6.45) is 1.27. The van der Waals surface area contributed by atoms with Crippen LogP contribution in [0.25, 0.3) is 17.4 Å². The molecule has 8 nitrogen and oxygen atoms in total. The minimum atomic E-state index is -0.820. The molecule has 0 bridgehead atoms. The highest BCUT2D eigenvalue weighted by Gasteiger charge is 2.37. The van der Waals surface area contributed by atoms with Crippen LogP contribution < -0.4 is 10.2 Å². The molecule has 0 spiro atoms. The van der Waals surface area contributed by atoms with Gasteiger partial charge >= 0.3 is 12.0 Å². The van der Waals surface area contributed by atoms with Crippen molar-refractivity contribution in [2.75, 3.05) is 11.5 Å². The third kappa shape index (κ3) is 4.18. The fourth-order valence-corrected chi connectivity index (χ4v) is 3.49. The number of nitrogens with one attached hydrogen (secondary N) is 1. The zero-order valence-electron chi connectivity index (χ0n) is 18.0. The second-order valence-electron chi connectivity index (χ2n) is 7.21. The summed E-state index contributed by atoms with van der Waals surface area (Å²) in [5, 5.41) is 2.19. The Morgan fingerprint density at radius 2 is 1.76 bits per heavy atom. The monoisotopic (exact) mass is 444 g/mol. The molecule has 1 N–H and O–H groups in total. The van der Waals surface area contributed by atoms with Crippen LogP contribution >= 0.6 is 0 Å². The number of urea groups is 1. The van der Waals surface area contributed by atoms with Gasteiger partial charge in [0.05, 0.1) is 17.9 Å². The Kier molecular flexibility index (Phi) is 5.91. The Labute approximate surface area is 189 Å². The van der Waals surface area contributed by atoms with Gasteiger partial charge in [-0.15, -0.1) is 0 Å². The third-order valence-corrected chi connectivity index (χ3v) is 5.06. The van der Waals surface area contributed by atoms with Crippen LogP contribution in [0, 0.1) is 6.92 Å². The standard InChI is InChI=1S/C25H20N2O6/c1-3-32-24(30)18-10-6-5-9-17(18)21-13-12-16(33-21)14-19-22(28)26-25(31)27(23(19)29)20-11-7-4-8-15(20)2/h4-14H,3H2,1-2H3,(H,26,28,31)/b19-14+. The molecular weight excluding hydrogens is 424 g/mol. The molecule has 2 heterocycles. The van der Waals surface area contributed by atoms with E-state index < -0.39 is 23.8 Å². The number of carbonyl (C=O) groups is 4. The van der Waals surface area contributed by atoms with Gasteiger partial charge in [-0.2, -0.15) is 0 Å². The maximum Gasteiger partial charge on any atom is 0.338 e. The number of carbonyl (C=O) groups excluding carboxylic acids is 4. The molecule has 1 aliphatic heterocycles. The number of hydrogen-bond acceptors (Lipinski definition) is 6. The maximum absolute atomic E-state index is 13.1. The molecule has 0 saturated carbocycles. The van der Waals surface area contributed by atoms with Crippen LogP contribution in [0.3, 0.4) is 0 Å². The molecule has 166 valence electrons. The molecule has 33 heavy (non-hydrogen) atoms. The van der Waals surface area contributed by atoms with E-state index in [0.29, 0.717) is 28.1 Å². The number of rotatable bonds is 5. The summed E-state index contributed by atoms with van der Waals surface area (Å²) in [5.41, 5.74) is 1.66. The van der Waals surface area contributed by atoms with Crippen LogP contribution in [-0.4, -0.2) is 30.4 Å². The number of anilines is 1. The number of amides is 4. The number of ether oxygens (including phenoxy) is 1. The molecule has 1 fully saturated rings. The van der Waals surface area contributed by atoms with E-state index in [4.69, 9.17) is 9.15 Å². The van der Waals surface area contributed by atoms with E-state index in [9.17, 15) is 19.2 Å². The average molecular weight is 444 g/mol. The number of esters is 1. The lowest BCUT2D eigenvalue weighted by atomic mass is 10.1. The Morgan fingerprint density at radius 3 is 2.52 bits per heavy atom. The van der Waals surface area contributed by atoms with Crippen molar-refractivity contribution < 1.29 is 28.3 Å². The van der Waals surface area contributed by atoms with E-state index in [0.717, 1.165) is 4.90 Å². The normalized spacial score (nSPS) is 15.0. The van der Waals surface area contributed by atoms with E-state index in [1.165, 1.54) is 6.08 Å². The second-order valence-corrected chi connectivity index (χ2v) is 7.21. The third-order valence-electron chi connectivity index (χ3n) is 5.06. The number of nitrogens with zero attached hydrogens (tertiary/aromatic N) is 1. The highest BCUT2D eigenvalue weighted by Crippen LogP contribution is 2.29. The summed E-state index contributed by atoms with van der Waals surface area (Å²) in [6.45, 7) is 3.71. The minimum absolute atomic E-state index is 0.209. The summed E-state index contributed by atoms with van der Waals surface area (Å²) in [6, 6.07) is 16.0. The number of barbiturate groups is 1. The van der Waals surface area contributed by atoms with Crippen LogP contribution in [0.2, 0.25) is 0 Å². The molecule has 3 aromatic rings. The van der Waals surface area contributed by atoms with Gasteiger partial charge in [-0.25, -0.2) is 14.5 Å². The van der Waals surface area contributed by atoms with Crippen molar-refractivity contribution in [3.05, 3.63) is 83.1 Å². The summed E-state index contributed by atoms with van der Waals surface area (Å²) in [7, 11) is 0. The topological polar surface area (TPSA) is 106 Å². The maximum atomic E-state index is 13.1. The van der Waals surface area contributed by atoms with Gasteiger partial charge in [0.1, 0.15) is 17.1 Å². The molecular formula is C25H20N2O6. The van der Waals surface area contributed by atoms with Crippen molar-refractivity contribution in [3.8, 4) is 11.3 Å². The van der Waals surface area contributed by atoms with Crippen molar-refractivity contribution in [1.29, 1.82) is 0 Å². The molecule has 8 heteroatoms. The lowest BCUT2D eigenvalue weighted by Crippen LogP contribution is -2.54. The molecule has 2 aromatic carbocycles. The summed E-state index contributed by atoms with van der Waals surface area (Å²) in [5.74, 6) is -1.50. The minimum Gasteiger partial charge on any atom is -0.462 e. The Balaban J connectivity index is 1.69. The van der Waals surface area contributed by atoms with Gasteiger partial charge in [0.25, 0.3) is 11.8 Å². The van der Waals surface area contributed by atoms with Crippen molar-refractivity contribution in [2.45, 2.75) is 13.8 Å². The van der Waals surface area contributed by atoms with Gasteiger partial charge in [-0.1, -0.05) is 36.4 Å². The van der Waals surface area contributed by atoms with E-state index in [2.05, 4.69) is 5.32 Å². The van der Waals surface area contributed by atoms with Gasteiger partial charge < -0.3 is 9.15 Å². The van der Waals surface area contributed by atoms with E-state index in [-0.39, 0.29) is 17.9 Å². The van der Waals surface area contributed by atoms with E-state index in [1.54, 1.807) is 74.5 Å². The average Bonchev–Trinajstić information content (AvgIpc) is 3.26. The van der Waals surface area contributed by atoms with E-state index in [1.807, 2.05) is 0 Å². The molecule has 0 aliphatic carbocycles. The van der Waals surface area contributed by atoms with Crippen LogP contribution in [0.4, 0.5) is 10.5 Å². The quantitative estimate of drug-likeness (QED) is 0.361. The fourth-order valence-electron chi connectivity index (χ4n) is 3.49. The second kappa shape index (κ2) is 8.96. The Bertz CT molecular complexity index is 1300.